The lowest BCUT2D eigenvalue weighted by molar-refractivity contribution is -0.241. The van der Waals surface area contributed by atoms with Gasteiger partial charge in [0.15, 0.2) is 5.60 Å². The van der Waals surface area contributed by atoms with Crippen LogP contribution in [0.2, 0.25) is 0 Å². The van der Waals surface area contributed by atoms with Crippen LogP contribution in [0.25, 0.3) is 0 Å². The zero-order valence-electron chi connectivity index (χ0n) is 11.8. The molecular formula is C14H24F3NO. The summed E-state index contributed by atoms with van der Waals surface area (Å²) in [6.07, 6.45) is -0.658. The average molecular weight is 279 g/mol. The molecule has 0 saturated heterocycles. The number of allylic oxidation sites excluding steroid dienone is 1. The largest absolute Gasteiger partial charge is 0.422 e. The van der Waals surface area contributed by atoms with Gasteiger partial charge >= 0.3 is 6.18 Å². The van der Waals surface area contributed by atoms with Crippen molar-refractivity contribution in [2.24, 2.45) is 17.1 Å². The van der Waals surface area contributed by atoms with Crippen molar-refractivity contribution in [3.05, 3.63) is 11.6 Å². The summed E-state index contributed by atoms with van der Waals surface area (Å²) in [6, 6.07) is 0. The SMILES string of the molecule is CCC(C)(C)C1CC=C(C(O)(CN)C(F)(F)F)CC1. The maximum atomic E-state index is 12.9. The number of aliphatic hydroxyl groups is 1. The Bertz CT molecular complexity index is 349. The molecule has 0 fully saturated rings. The monoisotopic (exact) mass is 279 g/mol. The molecule has 3 N–H and O–H groups in total. The minimum atomic E-state index is -4.71. The molecule has 0 aliphatic heterocycles. The molecule has 0 aromatic rings. The van der Waals surface area contributed by atoms with Crippen molar-refractivity contribution in [3.8, 4) is 0 Å². The lowest BCUT2D eigenvalue weighted by Gasteiger charge is -2.39. The summed E-state index contributed by atoms with van der Waals surface area (Å²) in [5.41, 5.74) is 2.45. The highest BCUT2D eigenvalue weighted by molar-refractivity contribution is 5.23. The second kappa shape index (κ2) is 5.44. The zero-order chi connectivity index (χ0) is 14.9. The quantitative estimate of drug-likeness (QED) is 0.775. The van der Waals surface area contributed by atoms with Gasteiger partial charge < -0.3 is 10.8 Å². The third kappa shape index (κ3) is 3.14. The normalized spacial score (nSPS) is 24.8. The first kappa shape index (κ1) is 16.5. The maximum absolute atomic E-state index is 12.9. The fourth-order valence-corrected chi connectivity index (χ4v) is 2.64. The average Bonchev–Trinajstić information content (AvgIpc) is 2.36. The molecule has 0 aromatic carbocycles. The standard InChI is InChI=1S/C14H24F3NO/c1-4-12(2,3)10-5-7-11(8-6-10)13(19,9-18)14(15,16)17/h7,10,19H,4-6,8-9,18H2,1-3H3. The van der Waals surface area contributed by atoms with Gasteiger partial charge in [-0.1, -0.05) is 33.3 Å². The molecule has 0 radical (unpaired) electrons. The van der Waals surface area contributed by atoms with Gasteiger partial charge in [-0.2, -0.15) is 13.2 Å². The van der Waals surface area contributed by atoms with Crippen LogP contribution in [0.4, 0.5) is 13.2 Å². The smallest absolute Gasteiger partial charge is 0.376 e. The van der Waals surface area contributed by atoms with Gasteiger partial charge in [0.25, 0.3) is 0 Å². The van der Waals surface area contributed by atoms with Crippen molar-refractivity contribution in [3.63, 3.8) is 0 Å². The van der Waals surface area contributed by atoms with Crippen LogP contribution in [0.1, 0.15) is 46.5 Å². The molecule has 0 aromatic heterocycles. The van der Waals surface area contributed by atoms with E-state index in [1.54, 1.807) is 6.08 Å². The highest BCUT2D eigenvalue weighted by Gasteiger charge is 2.55. The van der Waals surface area contributed by atoms with Gasteiger partial charge in [-0.05, 0) is 36.2 Å². The van der Waals surface area contributed by atoms with Gasteiger partial charge in [0, 0.05) is 6.54 Å². The highest BCUT2D eigenvalue weighted by atomic mass is 19.4. The molecule has 2 unspecified atom stereocenters. The predicted molar refractivity (Wildman–Crippen MR) is 69.6 cm³/mol. The van der Waals surface area contributed by atoms with Gasteiger partial charge in [-0.3, -0.25) is 0 Å². The fraction of sp³-hybridized carbons (Fsp3) is 0.857. The number of halogens is 3. The molecule has 19 heavy (non-hydrogen) atoms. The minimum absolute atomic E-state index is 0.0330. The summed E-state index contributed by atoms with van der Waals surface area (Å²) >= 11 is 0. The van der Waals surface area contributed by atoms with E-state index in [4.69, 9.17) is 5.73 Å². The van der Waals surface area contributed by atoms with Gasteiger partial charge in [0.2, 0.25) is 0 Å². The van der Waals surface area contributed by atoms with E-state index in [-0.39, 0.29) is 17.4 Å². The molecule has 1 aliphatic rings. The number of hydrogen-bond acceptors (Lipinski definition) is 2. The van der Waals surface area contributed by atoms with Crippen molar-refractivity contribution < 1.29 is 18.3 Å². The summed E-state index contributed by atoms with van der Waals surface area (Å²) < 4.78 is 38.7. The lowest BCUT2D eigenvalue weighted by atomic mass is 9.68. The predicted octanol–water partition coefficient (Wildman–Crippen LogP) is 3.40. The third-order valence-electron chi connectivity index (χ3n) is 4.72. The molecule has 0 bridgehead atoms. The van der Waals surface area contributed by atoms with E-state index in [9.17, 15) is 18.3 Å². The van der Waals surface area contributed by atoms with Crippen LogP contribution in [-0.4, -0.2) is 23.4 Å². The molecule has 2 atom stereocenters. The van der Waals surface area contributed by atoms with Crippen LogP contribution in [0.5, 0.6) is 0 Å². The van der Waals surface area contributed by atoms with E-state index in [1.807, 2.05) is 0 Å². The summed E-state index contributed by atoms with van der Waals surface area (Å²) in [4.78, 5) is 0. The summed E-state index contributed by atoms with van der Waals surface area (Å²) in [5, 5.41) is 9.81. The van der Waals surface area contributed by atoms with Crippen LogP contribution in [-0.2, 0) is 0 Å². The second-order valence-electron chi connectivity index (χ2n) is 6.10. The van der Waals surface area contributed by atoms with E-state index >= 15 is 0 Å². The molecular weight excluding hydrogens is 255 g/mol. The van der Waals surface area contributed by atoms with Crippen LogP contribution in [0.3, 0.4) is 0 Å². The summed E-state index contributed by atoms with van der Waals surface area (Å²) in [6.45, 7) is 5.54. The van der Waals surface area contributed by atoms with Crippen molar-refractivity contribution in [1.82, 2.24) is 0 Å². The van der Waals surface area contributed by atoms with Crippen molar-refractivity contribution in [2.75, 3.05) is 6.54 Å². The van der Waals surface area contributed by atoms with Gasteiger partial charge in [0.05, 0.1) is 0 Å². The first-order valence-corrected chi connectivity index (χ1v) is 6.77. The molecule has 1 rings (SSSR count). The molecule has 2 nitrogen and oxygen atoms in total. The van der Waals surface area contributed by atoms with E-state index in [0.29, 0.717) is 18.8 Å². The second-order valence-corrected chi connectivity index (χ2v) is 6.10. The summed E-state index contributed by atoms with van der Waals surface area (Å²) in [7, 11) is 0. The Labute approximate surface area is 112 Å². The number of alkyl halides is 3. The number of rotatable bonds is 4. The number of hydrogen-bond donors (Lipinski definition) is 2. The van der Waals surface area contributed by atoms with E-state index in [0.717, 1.165) is 6.42 Å². The van der Waals surface area contributed by atoms with Crippen molar-refractivity contribution in [1.29, 1.82) is 0 Å². The molecule has 0 saturated carbocycles. The summed E-state index contributed by atoms with van der Waals surface area (Å²) in [5.74, 6) is 0.358. The van der Waals surface area contributed by atoms with Crippen LogP contribution in [0, 0.1) is 11.3 Å². The van der Waals surface area contributed by atoms with Gasteiger partial charge in [0.1, 0.15) is 0 Å². The van der Waals surface area contributed by atoms with Crippen molar-refractivity contribution in [2.45, 2.75) is 58.2 Å². The lowest BCUT2D eigenvalue weighted by Crippen LogP contribution is -2.53. The molecule has 1 aliphatic carbocycles. The maximum Gasteiger partial charge on any atom is 0.422 e. The van der Waals surface area contributed by atoms with Crippen LogP contribution >= 0.6 is 0 Å². The molecule has 112 valence electrons. The van der Waals surface area contributed by atoms with Crippen LogP contribution < -0.4 is 5.73 Å². The minimum Gasteiger partial charge on any atom is -0.376 e. The Morgan fingerprint density at radius 2 is 1.95 bits per heavy atom. The molecule has 5 heteroatoms. The Kier molecular flexibility index (Phi) is 4.73. The number of nitrogens with two attached hydrogens (primary N) is 1. The van der Waals surface area contributed by atoms with Crippen LogP contribution in [0.15, 0.2) is 11.6 Å². The topological polar surface area (TPSA) is 46.2 Å². The van der Waals surface area contributed by atoms with Crippen molar-refractivity contribution >= 4 is 0 Å². The molecule has 0 amide bonds. The third-order valence-corrected chi connectivity index (χ3v) is 4.72. The Hall–Kier alpha value is -0.550. The van der Waals surface area contributed by atoms with E-state index in [2.05, 4.69) is 20.8 Å². The Morgan fingerprint density at radius 3 is 2.26 bits per heavy atom. The Morgan fingerprint density at radius 1 is 1.37 bits per heavy atom. The van der Waals surface area contributed by atoms with E-state index in [1.165, 1.54) is 0 Å². The highest BCUT2D eigenvalue weighted by Crippen LogP contribution is 2.45. The first-order chi connectivity index (χ1) is 8.58. The molecule has 0 heterocycles. The first-order valence-electron chi connectivity index (χ1n) is 6.77. The zero-order valence-corrected chi connectivity index (χ0v) is 11.8. The molecule has 0 spiro atoms. The van der Waals surface area contributed by atoms with Gasteiger partial charge in [-0.15, -0.1) is 0 Å². The van der Waals surface area contributed by atoms with Gasteiger partial charge in [-0.25, -0.2) is 0 Å². The fourth-order valence-electron chi connectivity index (χ4n) is 2.64. The Balaban J connectivity index is 2.90. The van der Waals surface area contributed by atoms with E-state index < -0.39 is 18.3 Å².